The Kier molecular flexibility index (Phi) is 4.83. The van der Waals surface area contributed by atoms with Crippen LogP contribution in [0.2, 0.25) is 0 Å². The number of carbonyl (C=O) groups excluding carboxylic acids is 1. The number of pyridine rings is 1. The minimum atomic E-state index is -0.282. The summed E-state index contributed by atoms with van der Waals surface area (Å²) in [5.74, 6) is 1.94. The van der Waals surface area contributed by atoms with Gasteiger partial charge in [0, 0.05) is 32.4 Å². The van der Waals surface area contributed by atoms with Gasteiger partial charge in [0.1, 0.15) is 6.34 Å². The van der Waals surface area contributed by atoms with Gasteiger partial charge in [0.15, 0.2) is 23.4 Å². The second-order valence-electron chi connectivity index (χ2n) is 6.39. The molecule has 2 amide bonds. The highest BCUT2D eigenvalue weighted by molar-refractivity contribution is 6.04. The van der Waals surface area contributed by atoms with Crippen molar-refractivity contribution in [2.24, 2.45) is 9.98 Å². The highest BCUT2D eigenvalue weighted by Gasteiger charge is 2.40. The third kappa shape index (κ3) is 3.48. The number of hydrogen-bond donors (Lipinski definition) is 1. The van der Waals surface area contributed by atoms with Crippen molar-refractivity contribution in [1.29, 1.82) is 0 Å². The summed E-state index contributed by atoms with van der Waals surface area (Å²) in [6.45, 7) is 3.40. The van der Waals surface area contributed by atoms with Gasteiger partial charge in [-0.25, -0.2) is 24.7 Å². The van der Waals surface area contributed by atoms with E-state index in [0.29, 0.717) is 23.4 Å². The van der Waals surface area contributed by atoms with Crippen LogP contribution in [0.5, 0.6) is 0 Å². The number of rotatable bonds is 3. The van der Waals surface area contributed by atoms with Crippen LogP contribution in [0, 0.1) is 0 Å². The number of ether oxygens (including phenoxy) is 1. The first-order valence-corrected chi connectivity index (χ1v) is 8.89. The molecule has 2 aromatic heterocycles. The van der Waals surface area contributed by atoms with Crippen LogP contribution in [-0.2, 0) is 4.74 Å². The van der Waals surface area contributed by atoms with Gasteiger partial charge in [-0.2, -0.15) is 0 Å². The van der Waals surface area contributed by atoms with Crippen molar-refractivity contribution in [1.82, 2.24) is 15.0 Å². The number of anilines is 3. The first-order chi connectivity index (χ1) is 13.7. The van der Waals surface area contributed by atoms with Crippen LogP contribution in [0.25, 0.3) is 0 Å². The summed E-state index contributed by atoms with van der Waals surface area (Å²) in [5, 5.41) is 2.80. The number of amides is 2. The van der Waals surface area contributed by atoms with Crippen molar-refractivity contribution in [2.45, 2.75) is 19.4 Å². The summed E-state index contributed by atoms with van der Waals surface area (Å²) in [5.41, 5.74) is 0.915. The van der Waals surface area contributed by atoms with Gasteiger partial charge in [-0.15, -0.1) is 0 Å². The second-order valence-corrected chi connectivity index (χ2v) is 6.39. The summed E-state index contributed by atoms with van der Waals surface area (Å²) >= 11 is 0. The molecule has 2 aliphatic heterocycles. The van der Waals surface area contributed by atoms with Crippen LogP contribution in [0.4, 0.5) is 27.9 Å². The Morgan fingerprint density at radius 3 is 3.07 bits per heavy atom. The van der Waals surface area contributed by atoms with E-state index >= 15 is 0 Å². The van der Waals surface area contributed by atoms with Crippen molar-refractivity contribution in [3.8, 4) is 0 Å². The monoisotopic (exact) mass is 380 g/mol. The quantitative estimate of drug-likeness (QED) is 0.646. The topological polar surface area (TPSA) is 108 Å². The lowest BCUT2D eigenvalue weighted by molar-refractivity contribution is 0.254. The Morgan fingerprint density at radius 1 is 1.39 bits per heavy atom. The number of aromatic nitrogens is 3. The van der Waals surface area contributed by atoms with Crippen molar-refractivity contribution in [3.63, 3.8) is 0 Å². The normalized spacial score (nSPS) is 18.4. The third-order valence-corrected chi connectivity index (χ3v) is 4.68. The second kappa shape index (κ2) is 7.59. The summed E-state index contributed by atoms with van der Waals surface area (Å²) in [7, 11) is 1.54. The zero-order valence-corrected chi connectivity index (χ0v) is 15.6. The predicted octanol–water partition coefficient (Wildman–Crippen LogP) is 2.23. The fourth-order valence-corrected chi connectivity index (χ4v) is 3.29. The number of methoxy groups -OCH3 is 1. The lowest BCUT2D eigenvalue weighted by Crippen LogP contribution is -2.48. The summed E-state index contributed by atoms with van der Waals surface area (Å²) < 4.78 is 4.98. The minimum Gasteiger partial charge on any atom is -0.484 e. The van der Waals surface area contributed by atoms with E-state index in [9.17, 15) is 4.79 Å². The van der Waals surface area contributed by atoms with E-state index in [0.717, 1.165) is 25.2 Å². The molecule has 0 aliphatic carbocycles. The molecular weight excluding hydrogens is 360 g/mol. The highest BCUT2D eigenvalue weighted by Crippen LogP contribution is 2.40. The smallest absolute Gasteiger partial charge is 0.329 e. The molecule has 0 radical (unpaired) electrons. The lowest BCUT2D eigenvalue weighted by atomic mass is 10.2. The van der Waals surface area contributed by atoms with Gasteiger partial charge in [-0.3, -0.25) is 15.2 Å². The SMILES string of the molecule is CO/C(C)=N\C=N\c1ccc2c(n1)N(C(=O)Nc1cnccn1)[C@H]1CCN2C1. The lowest BCUT2D eigenvalue weighted by Gasteiger charge is -2.35. The van der Waals surface area contributed by atoms with E-state index in [1.807, 2.05) is 12.1 Å². The van der Waals surface area contributed by atoms with E-state index in [-0.39, 0.29) is 12.1 Å². The Hall–Kier alpha value is -3.56. The van der Waals surface area contributed by atoms with Gasteiger partial charge in [-0.1, -0.05) is 0 Å². The van der Waals surface area contributed by atoms with Crippen LogP contribution in [0.1, 0.15) is 13.3 Å². The minimum absolute atomic E-state index is 0.0460. The molecule has 2 aromatic rings. The van der Waals surface area contributed by atoms with Crippen LogP contribution in [-0.4, -0.2) is 59.5 Å². The van der Waals surface area contributed by atoms with Gasteiger partial charge in [0.05, 0.1) is 25.0 Å². The average molecular weight is 380 g/mol. The standard InChI is InChI=1S/C18H20N8O2/c1-12(28-2)21-11-22-15-4-3-14-17(23-15)26(13-5-8-25(14)10-13)18(27)24-16-9-19-6-7-20-16/h3-4,6-7,9,11,13H,5,8,10H2,1-2H3,(H,20,24,27)/b21-12-,22-11+/t13-/m0/s1. The number of urea groups is 1. The molecule has 0 unspecified atom stereocenters. The molecule has 4 heterocycles. The molecule has 28 heavy (non-hydrogen) atoms. The molecule has 0 aromatic carbocycles. The van der Waals surface area contributed by atoms with E-state index in [1.165, 1.54) is 18.7 Å². The maximum absolute atomic E-state index is 13.0. The average Bonchev–Trinajstić information content (AvgIpc) is 3.13. The molecule has 0 spiro atoms. The number of nitrogens with one attached hydrogen (secondary N) is 1. The number of carbonyl (C=O) groups is 1. The van der Waals surface area contributed by atoms with Gasteiger partial charge in [0.25, 0.3) is 0 Å². The van der Waals surface area contributed by atoms with E-state index < -0.39 is 0 Å². The molecule has 2 bridgehead atoms. The fraction of sp³-hybridized carbons (Fsp3) is 0.333. The molecule has 1 saturated heterocycles. The van der Waals surface area contributed by atoms with Crippen molar-refractivity contribution in [3.05, 3.63) is 30.7 Å². The van der Waals surface area contributed by atoms with Crippen LogP contribution < -0.4 is 15.1 Å². The Balaban J connectivity index is 1.64. The van der Waals surface area contributed by atoms with Crippen LogP contribution >= 0.6 is 0 Å². The van der Waals surface area contributed by atoms with E-state index in [2.05, 4.69) is 35.2 Å². The maximum atomic E-state index is 13.0. The Bertz CT molecular complexity index is 930. The number of fused-ring (bicyclic) bond motifs is 4. The molecule has 10 heteroatoms. The maximum Gasteiger partial charge on any atom is 0.329 e. The molecule has 0 saturated carbocycles. The first-order valence-electron chi connectivity index (χ1n) is 8.89. The summed E-state index contributed by atoms with van der Waals surface area (Å²) in [6.07, 6.45) is 6.86. The Morgan fingerprint density at radius 2 is 2.29 bits per heavy atom. The van der Waals surface area contributed by atoms with Gasteiger partial charge in [-0.05, 0) is 18.6 Å². The molecule has 1 fully saturated rings. The molecule has 1 atom stereocenters. The van der Waals surface area contributed by atoms with Gasteiger partial charge < -0.3 is 9.64 Å². The molecular formula is C18H20N8O2. The van der Waals surface area contributed by atoms with E-state index in [1.54, 1.807) is 25.1 Å². The molecule has 1 N–H and O–H groups in total. The van der Waals surface area contributed by atoms with Gasteiger partial charge >= 0.3 is 6.03 Å². The van der Waals surface area contributed by atoms with Gasteiger partial charge in [0.2, 0.25) is 0 Å². The number of hydrogen-bond acceptors (Lipinski definition) is 7. The summed E-state index contributed by atoms with van der Waals surface area (Å²) in [6, 6.07) is 3.51. The molecule has 10 nitrogen and oxygen atoms in total. The van der Waals surface area contributed by atoms with Crippen molar-refractivity contribution in [2.75, 3.05) is 35.3 Å². The number of nitrogens with zero attached hydrogens (tertiary/aromatic N) is 7. The van der Waals surface area contributed by atoms with Crippen LogP contribution in [0.15, 0.2) is 40.7 Å². The van der Waals surface area contributed by atoms with Crippen molar-refractivity contribution >= 4 is 41.4 Å². The first kappa shape index (κ1) is 17.8. The predicted molar refractivity (Wildman–Crippen MR) is 107 cm³/mol. The zero-order chi connectivity index (χ0) is 19.5. The highest BCUT2D eigenvalue weighted by atomic mass is 16.5. The van der Waals surface area contributed by atoms with E-state index in [4.69, 9.17) is 4.74 Å². The summed E-state index contributed by atoms with van der Waals surface area (Å²) in [4.78, 5) is 37.9. The molecule has 144 valence electrons. The number of aliphatic imine (C=N–C) groups is 2. The zero-order valence-electron chi connectivity index (χ0n) is 15.6. The molecule has 4 rings (SSSR count). The largest absolute Gasteiger partial charge is 0.484 e. The third-order valence-electron chi connectivity index (χ3n) is 4.68. The molecule has 2 aliphatic rings. The van der Waals surface area contributed by atoms with Crippen LogP contribution in [0.3, 0.4) is 0 Å². The fourth-order valence-electron chi connectivity index (χ4n) is 3.29. The Labute approximate surface area is 162 Å². The van der Waals surface area contributed by atoms with Crippen molar-refractivity contribution < 1.29 is 9.53 Å².